The van der Waals surface area contributed by atoms with Crippen molar-refractivity contribution in [1.29, 1.82) is 0 Å². The van der Waals surface area contributed by atoms with E-state index in [0.29, 0.717) is 27.2 Å². The van der Waals surface area contributed by atoms with Crippen LogP contribution in [0.1, 0.15) is 16.1 Å². The molecule has 0 saturated heterocycles. The average Bonchev–Trinajstić information content (AvgIpc) is 3.23. The summed E-state index contributed by atoms with van der Waals surface area (Å²) in [6.07, 6.45) is 0.135. The molecule has 0 saturated carbocycles. The molecule has 35 heavy (non-hydrogen) atoms. The van der Waals surface area contributed by atoms with Crippen LogP contribution in [0, 0.1) is 0 Å². The number of carboxylic acid groups (broad SMARTS) is 1. The lowest BCUT2D eigenvalue weighted by Crippen LogP contribution is -2.48. The minimum atomic E-state index is -1.35. The summed E-state index contributed by atoms with van der Waals surface area (Å²) >= 11 is 6.00. The second kappa shape index (κ2) is 9.08. The molecule has 174 valence electrons. The fourth-order valence-electron chi connectivity index (χ4n) is 3.99. The van der Waals surface area contributed by atoms with Gasteiger partial charge >= 0.3 is 5.97 Å². The molecule has 0 bridgehead atoms. The van der Waals surface area contributed by atoms with Crippen LogP contribution >= 0.6 is 11.6 Å². The van der Waals surface area contributed by atoms with Gasteiger partial charge in [-0.15, -0.1) is 0 Å². The van der Waals surface area contributed by atoms with Gasteiger partial charge in [-0.1, -0.05) is 54.1 Å². The zero-order valence-corrected chi connectivity index (χ0v) is 18.9. The fraction of sp³-hybridized carbons (Fsp3) is 0.0769. The Labute approximate surface area is 204 Å². The van der Waals surface area contributed by atoms with Crippen LogP contribution in [0.15, 0.2) is 82.2 Å². The lowest BCUT2D eigenvalue weighted by atomic mass is 9.98. The summed E-state index contributed by atoms with van der Waals surface area (Å²) in [6.45, 7) is -0.594. The summed E-state index contributed by atoms with van der Waals surface area (Å²) in [5.41, 5.74) is 3.07. The van der Waals surface area contributed by atoms with E-state index in [0.717, 1.165) is 16.0 Å². The minimum Gasteiger partial charge on any atom is -0.480 e. The number of carbonyl (C=O) groups is 3. The fourth-order valence-corrected chi connectivity index (χ4v) is 4.17. The number of carboxylic acids is 1. The number of fused-ring (bicyclic) bond motifs is 2. The number of aliphatic imine (C=N–C) groups is 1. The Morgan fingerprint density at radius 1 is 1.06 bits per heavy atom. The maximum absolute atomic E-state index is 13.4. The molecule has 0 aliphatic carbocycles. The summed E-state index contributed by atoms with van der Waals surface area (Å²) in [6, 6.07) is 21.2. The highest BCUT2D eigenvalue weighted by Crippen LogP contribution is 2.32. The Bertz CT molecular complexity index is 1500. The van der Waals surface area contributed by atoms with Crippen LogP contribution < -0.4 is 10.2 Å². The number of rotatable bonds is 5. The van der Waals surface area contributed by atoms with Gasteiger partial charge in [0.1, 0.15) is 12.1 Å². The third kappa shape index (κ3) is 4.39. The number of benzodiazepines with no additional fused rings is 1. The number of carbonyl (C=O) groups excluding carboxylic acids is 2. The van der Waals surface area contributed by atoms with Crippen molar-refractivity contribution in [1.82, 2.24) is 5.32 Å². The Balaban J connectivity index is 1.52. The first kappa shape index (κ1) is 22.4. The standard InChI is InChI=1S/C26H18ClN3O5/c27-17-9-10-21-16(11-17)12-22(35-21)25(33)29-24-26(34)30(14-23(31)32)20-8-4-7-18(19(20)13-28-24)15-5-2-1-3-6-15/h1-13,24H,14H2,(H,29,33)(H,31,32). The van der Waals surface area contributed by atoms with E-state index in [1.165, 1.54) is 12.3 Å². The molecule has 9 heteroatoms. The van der Waals surface area contributed by atoms with Gasteiger partial charge < -0.3 is 14.8 Å². The van der Waals surface area contributed by atoms with Crippen molar-refractivity contribution >= 4 is 52.3 Å². The molecule has 1 unspecified atom stereocenters. The number of nitrogens with zero attached hydrogens (tertiary/aromatic N) is 2. The molecule has 0 spiro atoms. The van der Waals surface area contributed by atoms with Gasteiger partial charge in [0, 0.05) is 22.2 Å². The Morgan fingerprint density at radius 3 is 2.63 bits per heavy atom. The Kier molecular flexibility index (Phi) is 5.80. The zero-order valence-electron chi connectivity index (χ0n) is 18.1. The normalized spacial score (nSPS) is 15.1. The highest BCUT2D eigenvalue weighted by molar-refractivity contribution is 6.31. The van der Waals surface area contributed by atoms with Crippen LogP contribution in [-0.2, 0) is 9.59 Å². The van der Waals surface area contributed by atoms with E-state index in [4.69, 9.17) is 16.0 Å². The predicted octanol–water partition coefficient (Wildman–Crippen LogP) is 4.36. The first-order valence-electron chi connectivity index (χ1n) is 10.7. The van der Waals surface area contributed by atoms with E-state index in [-0.39, 0.29) is 5.76 Å². The van der Waals surface area contributed by atoms with Gasteiger partial charge in [0.25, 0.3) is 11.8 Å². The third-order valence-electron chi connectivity index (χ3n) is 5.57. The first-order chi connectivity index (χ1) is 16.9. The van der Waals surface area contributed by atoms with Crippen LogP contribution in [0.5, 0.6) is 0 Å². The molecular weight excluding hydrogens is 470 g/mol. The third-order valence-corrected chi connectivity index (χ3v) is 5.81. The maximum atomic E-state index is 13.4. The lowest BCUT2D eigenvalue weighted by molar-refractivity contribution is -0.136. The van der Waals surface area contributed by atoms with Gasteiger partial charge in [0.15, 0.2) is 5.76 Å². The average molecular weight is 488 g/mol. The maximum Gasteiger partial charge on any atom is 0.323 e. The van der Waals surface area contributed by atoms with Gasteiger partial charge in [-0.25, -0.2) is 0 Å². The molecule has 2 N–H and O–H groups in total. The van der Waals surface area contributed by atoms with Gasteiger partial charge in [0.2, 0.25) is 6.17 Å². The van der Waals surface area contributed by atoms with Gasteiger partial charge in [-0.3, -0.25) is 24.3 Å². The topological polar surface area (TPSA) is 112 Å². The van der Waals surface area contributed by atoms with Crippen LogP contribution in [0.2, 0.25) is 5.02 Å². The van der Waals surface area contributed by atoms with Crippen molar-refractivity contribution < 1.29 is 23.9 Å². The molecule has 1 atom stereocenters. The summed E-state index contributed by atoms with van der Waals surface area (Å²) in [7, 11) is 0. The molecule has 1 aliphatic heterocycles. The molecule has 1 aliphatic rings. The number of halogens is 1. The van der Waals surface area contributed by atoms with Gasteiger partial charge in [-0.05, 0) is 41.5 Å². The van der Waals surface area contributed by atoms with Crippen molar-refractivity contribution in [2.45, 2.75) is 6.17 Å². The predicted molar refractivity (Wildman–Crippen MR) is 132 cm³/mol. The molecule has 2 amide bonds. The van der Waals surface area contributed by atoms with Gasteiger partial charge in [0.05, 0.1) is 5.69 Å². The van der Waals surface area contributed by atoms with E-state index >= 15 is 0 Å². The van der Waals surface area contributed by atoms with E-state index in [1.54, 1.807) is 30.3 Å². The van der Waals surface area contributed by atoms with Crippen LogP contribution in [-0.4, -0.2) is 41.8 Å². The molecule has 2 heterocycles. The number of furan rings is 1. The van der Waals surface area contributed by atoms with E-state index in [1.807, 2.05) is 36.4 Å². The summed E-state index contributed by atoms with van der Waals surface area (Å²) in [5.74, 6) is -2.57. The van der Waals surface area contributed by atoms with Crippen molar-refractivity contribution in [3.63, 3.8) is 0 Å². The number of hydrogen-bond donors (Lipinski definition) is 2. The van der Waals surface area contributed by atoms with E-state index in [9.17, 15) is 19.5 Å². The van der Waals surface area contributed by atoms with E-state index < -0.39 is 30.5 Å². The summed E-state index contributed by atoms with van der Waals surface area (Å²) < 4.78 is 5.58. The number of aliphatic carboxylic acids is 1. The quantitative estimate of drug-likeness (QED) is 0.434. The Morgan fingerprint density at radius 2 is 1.86 bits per heavy atom. The smallest absolute Gasteiger partial charge is 0.323 e. The SMILES string of the molecule is O=C(O)CN1C(=O)C(NC(=O)c2cc3cc(Cl)ccc3o2)N=Cc2c(-c3ccccc3)cccc21. The van der Waals surface area contributed by atoms with Crippen LogP contribution in [0.25, 0.3) is 22.1 Å². The molecule has 3 aromatic carbocycles. The number of nitrogens with one attached hydrogen (secondary N) is 1. The number of amides is 2. The van der Waals surface area contributed by atoms with Crippen molar-refractivity contribution in [3.8, 4) is 11.1 Å². The van der Waals surface area contributed by atoms with Crippen molar-refractivity contribution in [2.24, 2.45) is 4.99 Å². The Hall–Kier alpha value is -4.43. The molecule has 5 rings (SSSR count). The largest absolute Gasteiger partial charge is 0.480 e. The number of anilines is 1. The lowest BCUT2D eigenvalue weighted by Gasteiger charge is -2.24. The monoisotopic (exact) mass is 487 g/mol. The first-order valence-corrected chi connectivity index (χ1v) is 11.0. The minimum absolute atomic E-state index is 0.0261. The van der Waals surface area contributed by atoms with Crippen LogP contribution in [0.4, 0.5) is 5.69 Å². The van der Waals surface area contributed by atoms with Gasteiger partial charge in [-0.2, -0.15) is 0 Å². The summed E-state index contributed by atoms with van der Waals surface area (Å²) in [5, 5.41) is 13.2. The zero-order chi connectivity index (χ0) is 24.5. The number of hydrogen-bond acceptors (Lipinski definition) is 5. The molecule has 1 aromatic heterocycles. The van der Waals surface area contributed by atoms with E-state index in [2.05, 4.69) is 10.3 Å². The molecule has 4 aromatic rings. The van der Waals surface area contributed by atoms with Crippen molar-refractivity contribution in [3.05, 3.63) is 89.1 Å². The van der Waals surface area contributed by atoms with Crippen molar-refractivity contribution in [2.75, 3.05) is 11.4 Å². The summed E-state index contributed by atoms with van der Waals surface area (Å²) in [4.78, 5) is 43.3. The highest BCUT2D eigenvalue weighted by Gasteiger charge is 2.32. The number of benzene rings is 3. The highest BCUT2D eigenvalue weighted by atomic mass is 35.5. The molecular formula is C26H18ClN3O5. The second-order valence-electron chi connectivity index (χ2n) is 7.87. The molecule has 0 radical (unpaired) electrons. The molecule has 8 nitrogen and oxygen atoms in total. The van der Waals surface area contributed by atoms with Crippen LogP contribution in [0.3, 0.4) is 0 Å². The molecule has 0 fully saturated rings. The second-order valence-corrected chi connectivity index (χ2v) is 8.31.